The Morgan fingerprint density at radius 3 is 0.552 bits per heavy atom. The summed E-state index contributed by atoms with van der Waals surface area (Å²) in [7, 11) is 0. The lowest BCUT2D eigenvalue weighted by atomic mass is 9.12. The van der Waals surface area contributed by atoms with E-state index in [0.29, 0.717) is 0 Å². The first-order valence-electron chi connectivity index (χ1n) is 15.2. The van der Waals surface area contributed by atoms with E-state index < -0.39 is 144 Å². The third-order valence-corrected chi connectivity index (χ3v) is 9.59. The molecule has 0 spiro atoms. The number of halogens is 20. The van der Waals surface area contributed by atoms with Crippen molar-refractivity contribution in [3.05, 3.63) is 177 Å². The van der Waals surface area contributed by atoms with E-state index >= 15 is 35.1 Å². The van der Waals surface area contributed by atoms with Crippen molar-refractivity contribution >= 4 is 39.8 Å². The van der Waals surface area contributed by atoms with Crippen molar-refractivity contribution in [2.24, 2.45) is 0 Å². The molecule has 0 saturated heterocycles. The lowest BCUT2D eigenvalue weighted by Crippen LogP contribution is -2.81. The van der Waals surface area contributed by atoms with E-state index in [2.05, 4.69) is 48.5 Å². The van der Waals surface area contributed by atoms with Crippen LogP contribution in [-0.4, -0.2) is 6.15 Å². The van der Waals surface area contributed by atoms with Gasteiger partial charge in [0, 0.05) is 11.8 Å². The second-order valence-electron chi connectivity index (χ2n) is 11.6. The first-order chi connectivity index (χ1) is 27.2. The average molecular weight is 866 g/mol. The first-order valence-corrected chi connectivity index (χ1v) is 16.1. The minimum Gasteiger partial charge on any atom is -0.207 e. The SMILES string of the molecule is Fc1c(F)c(F)c([B-](c2c(F)c(F)c(F)c(F)c2F)(c2c(F)c(F)c(F)c(F)c2F)c2c(F)c(F)c(F)c(F)c2F)c(F)c1F.c1ccc([SH+]c2ccccc2)cc1. The van der Waals surface area contributed by atoms with Crippen LogP contribution in [0.25, 0.3) is 0 Å². The summed E-state index contributed by atoms with van der Waals surface area (Å²) in [5.74, 6) is -71.4. The summed E-state index contributed by atoms with van der Waals surface area (Å²) in [5.41, 5.74) is -14.3. The summed E-state index contributed by atoms with van der Waals surface area (Å²) >= 11 is 1.28. The van der Waals surface area contributed by atoms with Gasteiger partial charge in [-0.25, -0.2) is 87.8 Å². The fraction of sp³-hybridized carbons (Fsp3) is 0. The number of hydrogen-bond donors (Lipinski definition) is 0. The van der Waals surface area contributed by atoms with Crippen molar-refractivity contribution in [2.45, 2.75) is 9.79 Å². The molecule has 0 aromatic heterocycles. The molecule has 0 aliphatic heterocycles. The van der Waals surface area contributed by atoms with Gasteiger partial charge in [0.05, 0.1) is 0 Å². The maximum absolute atomic E-state index is 15.4. The van der Waals surface area contributed by atoms with Gasteiger partial charge in [0.15, 0.2) is 79.6 Å². The minimum atomic E-state index is -7.22. The Labute approximate surface area is 314 Å². The molecule has 0 nitrogen and oxygen atoms in total. The number of benzene rings is 6. The van der Waals surface area contributed by atoms with E-state index in [0.717, 1.165) is 0 Å². The molecule has 0 saturated carbocycles. The fourth-order valence-corrected chi connectivity index (χ4v) is 6.97. The third kappa shape index (κ3) is 6.79. The summed E-state index contributed by atoms with van der Waals surface area (Å²) in [5, 5.41) is 0. The summed E-state index contributed by atoms with van der Waals surface area (Å²) in [6.07, 6.45) is -7.22. The van der Waals surface area contributed by atoms with Gasteiger partial charge in [-0.05, 0) is 24.3 Å². The van der Waals surface area contributed by atoms with Crippen LogP contribution in [0.5, 0.6) is 0 Å². The lowest BCUT2D eigenvalue weighted by molar-refractivity contribution is 0.378. The smallest absolute Gasteiger partial charge is 0.200 e. The zero-order chi connectivity index (χ0) is 43.3. The van der Waals surface area contributed by atoms with Crippen LogP contribution in [0.2, 0.25) is 0 Å². The quantitative estimate of drug-likeness (QED) is 0.0393. The van der Waals surface area contributed by atoms with Crippen LogP contribution in [0.3, 0.4) is 0 Å². The van der Waals surface area contributed by atoms with Gasteiger partial charge in [0.25, 0.3) is 0 Å². The molecule has 6 aromatic carbocycles. The maximum Gasteiger partial charge on any atom is 0.200 e. The molecule has 0 heterocycles. The Morgan fingerprint density at radius 2 is 0.379 bits per heavy atom. The Morgan fingerprint density at radius 1 is 0.224 bits per heavy atom. The predicted octanol–water partition coefficient (Wildman–Crippen LogP) is 8.77. The Balaban J connectivity index is 0.000000414. The molecule has 0 radical (unpaired) electrons. The average Bonchev–Trinajstić information content (AvgIpc) is 3.21. The van der Waals surface area contributed by atoms with Crippen LogP contribution in [0.1, 0.15) is 0 Å². The zero-order valence-electron chi connectivity index (χ0n) is 27.4. The molecule has 6 aromatic rings. The highest BCUT2D eigenvalue weighted by Gasteiger charge is 2.52. The lowest BCUT2D eigenvalue weighted by Gasteiger charge is -2.44. The molecule has 58 heavy (non-hydrogen) atoms. The van der Waals surface area contributed by atoms with Crippen molar-refractivity contribution in [2.75, 3.05) is 0 Å². The highest BCUT2D eigenvalue weighted by Crippen LogP contribution is 2.30. The van der Waals surface area contributed by atoms with E-state index in [-0.39, 0.29) is 0 Å². The van der Waals surface area contributed by atoms with E-state index in [1.807, 2.05) is 12.1 Å². The second-order valence-corrected chi connectivity index (χ2v) is 12.8. The fourth-order valence-electron chi connectivity index (χ4n) is 6.03. The van der Waals surface area contributed by atoms with Gasteiger partial charge in [-0.3, -0.25) is 0 Å². The van der Waals surface area contributed by atoms with Crippen LogP contribution in [-0.2, 0) is 11.8 Å². The molecule has 0 unspecified atom stereocenters. The summed E-state index contributed by atoms with van der Waals surface area (Å²) in [4.78, 5) is 2.68. The van der Waals surface area contributed by atoms with Crippen LogP contribution in [0.4, 0.5) is 87.8 Å². The molecule has 0 bridgehead atoms. The summed E-state index contributed by atoms with van der Waals surface area (Å²) in [6, 6.07) is 21.0. The molecule has 304 valence electrons. The van der Waals surface area contributed by atoms with Crippen molar-refractivity contribution in [3.63, 3.8) is 0 Å². The first kappa shape index (κ1) is 43.5. The second kappa shape index (κ2) is 16.3. The Kier molecular flexibility index (Phi) is 12.2. The minimum absolute atomic E-state index is 1.28. The highest BCUT2D eigenvalue weighted by molar-refractivity contribution is 7.78. The van der Waals surface area contributed by atoms with Gasteiger partial charge >= 0.3 is 0 Å². The summed E-state index contributed by atoms with van der Waals surface area (Å²) < 4.78 is 294. The largest absolute Gasteiger partial charge is 0.207 e. The monoisotopic (exact) mass is 866 g/mol. The van der Waals surface area contributed by atoms with Gasteiger partial charge in [-0.2, -0.15) is 0 Å². The highest BCUT2D eigenvalue weighted by atomic mass is 32.2. The van der Waals surface area contributed by atoms with Crippen molar-refractivity contribution < 1.29 is 87.8 Å². The number of rotatable bonds is 6. The van der Waals surface area contributed by atoms with E-state index in [4.69, 9.17) is 0 Å². The van der Waals surface area contributed by atoms with Crippen molar-refractivity contribution in [3.8, 4) is 0 Å². The van der Waals surface area contributed by atoms with Gasteiger partial charge in [-0.1, -0.05) is 36.4 Å². The van der Waals surface area contributed by atoms with Gasteiger partial charge in [0.2, 0.25) is 0 Å². The molecule has 0 aliphatic rings. The van der Waals surface area contributed by atoms with Crippen LogP contribution >= 0.6 is 0 Å². The van der Waals surface area contributed by atoms with Gasteiger partial charge in [-0.15, -0.1) is 21.9 Å². The molecule has 0 amide bonds. The zero-order valence-corrected chi connectivity index (χ0v) is 28.3. The van der Waals surface area contributed by atoms with E-state index in [9.17, 15) is 52.7 Å². The normalized spacial score (nSPS) is 11.5. The maximum atomic E-state index is 15.4. The molecular formula is C36H11BF20S. The predicted molar refractivity (Wildman–Crippen MR) is 167 cm³/mol. The van der Waals surface area contributed by atoms with Crippen LogP contribution in [0, 0.1) is 116 Å². The molecule has 0 fully saturated rings. The molecule has 0 N–H and O–H groups in total. The third-order valence-electron chi connectivity index (χ3n) is 8.48. The van der Waals surface area contributed by atoms with E-state index in [1.54, 1.807) is 0 Å². The van der Waals surface area contributed by atoms with Gasteiger partial charge in [0.1, 0.15) is 52.7 Å². The number of hydrogen-bond acceptors (Lipinski definition) is 0. The van der Waals surface area contributed by atoms with Crippen molar-refractivity contribution in [1.29, 1.82) is 0 Å². The Bertz CT molecular complexity index is 2170. The standard InChI is InChI=1S/C24BF20.C12H10S/c26-5-1(6(27)14(35)21(42)13(5)34)25(2-7(28)15(36)22(43)16(37)8(2)29,3-9(30)17(38)23(44)18(39)10(3)31)4-11(32)19(40)24(45)20(41)12(4)33;1-3-7-11(8-4-1)13-12-9-5-2-6-10-12/h;1-10H/q-1;/p+1. The Hall–Kier alpha value is -5.67. The van der Waals surface area contributed by atoms with Crippen LogP contribution in [0.15, 0.2) is 70.5 Å². The topological polar surface area (TPSA) is 0 Å². The molecule has 22 heteroatoms. The molecular weight excluding hydrogens is 855 g/mol. The molecule has 0 aliphatic carbocycles. The molecule has 6 rings (SSSR count). The number of thiol groups is 1. The van der Waals surface area contributed by atoms with Gasteiger partial charge < -0.3 is 0 Å². The summed E-state index contributed by atoms with van der Waals surface area (Å²) in [6.45, 7) is 0. The van der Waals surface area contributed by atoms with Crippen molar-refractivity contribution in [1.82, 2.24) is 0 Å². The molecule has 0 atom stereocenters. The van der Waals surface area contributed by atoms with E-state index in [1.165, 1.54) is 21.6 Å². The van der Waals surface area contributed by atoms with Crippen LogP contribution < -0.4 is 21.9 Å².